The first kappa shape index (κ1) is 14.5. The summed E-state index contributed by atoms with van der Waals surface area (Å²) in [6.45, 7) is 3.65. The normalized spacial score (nSPS) is 17.2. The van der Waals surface area contributed by atoms with Gasteiger partial charge in [0.15, 0.2) is 0 Å². The van der Waals surface area contributed by atoms with Crippen LogP contribution in [0.4, 0.5) is 11.4 Å². The molecule has 24 heavy (non-hydrogen) atoms. The Labute approximate surface area is 140 Å². The molecule has 0 fully saturated rings. The number of amides is 2. The van der Waals surface area contributed by atoms with Crippen molar-refractivity contribution in [2.24, 2.45) is 0 Å². The first-order valence-electron chi connectivity index (χ1n) is 7.82. The van der Waals surface area contributed by atoms with E-state index in [4.69, 9.17) is 0 Å². The maximum atomic E-state index is 13.0. The minimum atomic E-state index is -0.141. The maximum absolute atomic E-state index is 13.0. The van der Waals surface area contributed by atoms with Crippen molar-refractivity contribution in [3.63, 3.8) is 0 Å². The molecule has 4 rings (SSSR count). The Balaban J connectivity index is 1.84. The fourth-order valence-electron chi connectivity index (χ4n) is 3.41. The second-order valence-corrected chi connectivity index (χ2v) is 5.87. The number of hydrogen-bond donors (Lipinski definition) is 0. The third kappa shape index (κ3) is 1.86. The second-order valence-electron chi connectivity index (χ2n) is 5.87. The minimum absolute atomic E-state index is 0.141. The number of benzene rings is 2. The van der Waals surface area contributed by atoms with Crippen LogP contribution in [-0.4, -0.2) is 11.8 Å². The van der Waals surface area contributed by atoms with Crippen LogP contribution in [-0.2, 0) is 9.59 Å². The zero-order valence-corrected chi connectivity index (χ0v) is 13.5. The van der Waals surface area contributed by atoms with E-state index in [9.17, 15) is 9.59 Å². The summed E-state index contributed by atoms with van der Waals surface area (Å²) < 4.78 is 0. The number of allylic oxidation sites excluding steroid dienone is 2. The molecule has 2 aromatic rings. The lowest BCUT2D eigenvalue weighted by Gasteiger charge is -2.22. The van der Waals surface area contributed by atoms with Gasteiger partial charge in [-0.2, -0.15) is 0 Å². The number of fused-ring (bicyclic) bond motifs is 1. The summed E-state index contributed by atoms with van der Waals surface area (Å²) in [7, 11) is 0. The molecule has 0 bridgehead atoms. The molecule has 0 saturated carbocycles. The lowest BCUT2D eigenvalue weighted by atomic mass is 10.1. The van der Waals surface area contributed by atoms with Gasteiger partial charge < -0.3 is 0 Å². The highest BCUT2D eigenvalue weighted by atomic mass is 16.2. The fraction of sp³-hybridized carbons (Fsp3) is 0.100. The molecule has 0 aromatic heterocycles. The van der Waals surface area contributed by atoms with Gasteiger partial charge in [-0.05, 0) is 38.1 Å². The smallest absolute Gasteiger partial charge is 0.265 e. The first-order valence-corrected chi connectivity index (χ1v) is 7.82. The largest absolute Gasteiger partial charge is 0.280 e. The Kier molecular flexibility index (Phi) is 3.13. The summed E-state index contributed by atoms with van der Waals surface area (Å²) in [6.07, 6.45) is 0. The molecule has 2 aliphatic rings. The molecule has 2 aliphatic heterocycles. The Morgan fingerprint density at radius 2 is 0.917 bits per heavy atom. The van der Waals surface area contributed by atoms with Crippen LogP contribution in [0.25, 0.3) is 0 Å². The van der Waals surface area contributed by atoms with Crippen LogP contribution in [0.2, 0.25) is 0 Å². The molecule has 0 unspecified atom stereocenters. The average molecular weight is 316 g/mol. The van der Waals surface area contributed by atoms with E-state index < -0.39 is 0 Å². The van der Waals surface area contributed by atoms with Gasteiger partial charge in [0.05, 0.1) is 11.1 Å². The molecule has 2 amide bonds. The predicted molar refractivity (Wildman–Crippen MR) is 93.3 cm³/mol. The number of nitrogens with zero attached hydrogens (tertiary/aromatic N) is 2. The van der Waals surface area contributed by atoms with Gasteiger partial charge in [-0.25, -0.2) is 0 Å². The monoisotopic (exact) mass is 316 g/mol. The van der Waals surface area contributed by atoms with Crippen molar-refractivity contribution in [2.45, 2.75) is 13.8 Å². The summed E-state index contributed by atoms with van der Waals surface area (Å²) in [5, 5.41) is 0. The maximum Gasteiger partial charge on any atom is 0.265 e. The topological polar surface area (TPSA) is 40.6 Å². The van der Waals surface area contributed by atoms with E-state index in [0.717, 1.165) is 11.4 Å². The highest BCUT2D eigenvalue weighted by Crippen LogP contribution is 2.42. The molecule has 0 aliphatic carbocycles. The molecule has 0 saturated heterocycles. The van der Waals surface area contributed by atoms with E-state index in [1.165, 1.54) is 0 Å². The minimum Gasteiger partial charge on any atom is -0.280 e. The van der Waals surface area contributed by atoms with E-state index in [1.54, 1.807) is 9.80 Å². The lowest BCUT2D eigenvalue weighted by Crippen LogP contribution is -2.29. The number of para-hydroxylation sites is 2. The summed E-state index contributed by atoms with van der Waals surface area (Å²) in [4.78, 5) is 29.2. The third-order valence-corrected chi connectivity index (χ3v) is 4.51. The van der Waals surface area contributed by atoms with Gasteiger partial charge in [0, 0.05) is 22.8 Å². The SMILES string of the molecule is CC1=C2C(=O)N(c3ccccc3)C(C)=C2C(=O)N1c1ccccc1. The molecule has 4 heteroatoms. The molecule has 4 nitrogen and oxygen atoms in total. The van der Waals surface area contributed by atoms with Gasteiger partial charge in [-0.1, -0.05) is 36.4 Å². The Hall–Kier alpha value is -3.14. The van der Waals surface area contributed by atoms with Crippen molar-refractivity contribution in [3.05, 3.63) is 83.2 Å². The highest BCUT2D eigenvalue weighted by Gasteiger charge is 2.46. The summed E-state index contributed by atoms with van der Waals surface area (Å²) in [5.41, 5.74) is 3.94. The summed E-state index contributed by atoms with van der Waals surface area (Å²) >= 11 is 0. The quantitative estimate of drug-likeness (QED) is 0.849. The van der Waals surface area contributed by atoms with E-state index in [-0.39, 0.29) is 11.8 Å². The Morgan fingerprint density at radius 3 is 1.25 bits per heavy atom. The number of carbonyl (C=O) groups excluding carboxylic acids is 2. The lowest BCUT2D eigenvalue weighted by molar-refractivity contribution is -0.115. The molecule has 0 atom stereocenters. The van der Waals surface area contributed by atoms with Gasteiger partial charge in [0.1, 0.15) is 0 Å². The van der Waals surface area contributed by atoms with Crippen LogP contribution >= 0.6 is 0 Å². The van der Waals surface area contributed by atoms with E-state index in [2.05, 4.69) is 0 Å². The molecular weight excluding hydrogens is 300 g/mol. The van der Waals surface area contributed by atoms with Crippen molar-refractivity contribution in [3.8, 4) is 0 Å². The Morgan fingerprint density at radius 1 is 0.583 bits per heavy atom. The van der Waals surface area contributed by atoms with Gasteiger partial charge in [-0.15, -0.1) is 0 Å². The average Bonchev–Trinajstić information content (AvgIpc) is 3.02. The Bertz CT molecular complexity index is 834. The van der Waals surface area contributed by atoms with E-state index in [1.807, 2.05) is 74.5 Å². The molecule has 2 aromatic carbocycles. The van der Waals surface area contributed by atoms with Gasteiger partial charge in [0.2, 0.25) is 0 Å². The van der Waals surface area contributed by atoms with Crippen molar-refractivity contribution in [1.82, 2.24) is 0 Å². The molecule has 0 N–H and O–H groups in total. The number of rotatable bonds is 2. The number of hydrogen-bond acceptors (Lipinski definition) is 2. The van der Waals surface area contributed by atoms with E-state index >= 15 is 0 Å². The zero-order chi connectivity index (χ0) is 16.8. The molecule has 0 radical (unpaired) electrons. The van der Waals surface area contributed by atoms with Crippen LogP contribution in [0, 0.1) is 0 Å². The molecular formula is C20H16N2O2. The van der Waals surface area contributed by atoms with Crippen LogP contribution in [0.5, 0.6) is 0 Å². The highest BCUT2D eigenvalue weighted by molar-refractivity contribution is 6.30. The molecule has 2 heterocycles. The van der Waals surface area contributed by atoms with Crippen molar-refractivity contribution in [2.75, 3.05) is 9.80 Å². The third-order valence-electron chi connectivity index (χ3n) is 4.51. The van der Waals surface area contributed by atoms with Crippen LogP contribution in [0.1, 0.15) is 13.8 Å². The molecule has 118 valence electrons. The van der Waals surface area contributed by atoms with Crippen molar-refractivity contribution >= 4 is 23.2 Å². The van der Waals surface area contributed by atoms with Crippen molar-refractivity contribution < 1.29 is 9.59 Å². The predicted octanol–water partition coefficient (Wildman–Crippen LogP) is 3.63. The number of carbonyl (C=O) groups is 2. The summed E-state index contributed by atoms with van der Waals surface area (Å²) in [5.74, 6) is -0.282. The standard InChI is InChI=1S/C20H16N2O2/c1-13-17-18(20(24)21(13)15-9-5-3-6-10-15)14(2)22(19(17)23)16-11-7-4-8-12-16/h3-12H,1-2H3. The fourth-order valence-corrected chi connectivity index (χ4v) is 3.41. The van der Waals surface area contributed by atoms with Crippen LogP contribution in [0.3, 0.4) is 0 Å². The van der Waals surface area contributed by atoms with Gasteiger partial charge in [0.25, 0.3) is 11.8 Å². The van der Waals surface area contributed by atoms with Crippen LogP contribution < -0.4 is 9.80 Å². The second kappa shape index (κ2) is 5.20. The van der Waals surface area contributed by atoms with Crippen LogP contribution in [0.15, 0.2) is 83.2 Å². The van der Waals surface area contributed by atoms with Gasteiger partial charge >= 0.3 is 0 Å². The van der Waals surface area contributed by atoms with E-state index in [0.29, 0.717) is 22.5 Å². The van der Waals surface area contributed by atoms with Crippen molar-refractivity contribution in [1.29, 1.82) is 0 Å². The zero-order valence-electron chi connectivity index (χ0n) is 13.5. The first-order chi connectivity index (χ1) is 11.6. The summed E-state index contributed by atoms with van der Waals surface area (Å²) in [6, 6.07) is 18.8. The molecule has 0 spiro atoms. The number of anilines is 2. The van der Waals surface area contributed by atoms with Gasteiger partial charge in [-0.3, -0.25) is 19.4 Å².